The molecule has 4 aromatic rings. The van der Waals surface area contributed by atoms with E-state index < -0.39 is 0 Å². The van der Waals surface area contributed by atoms with Crippen molar-refractivity contribution >= 4 is 28.2 Å². The lowest BCUT2D eigenvalue weighted by atomic mass is 10.2. The van der Waals surface area contributed by atoms with Gasteiger partial charge in [0.15, 0.2) is 11.5 Å². The van der Waals surface area contributed by atoms with Crippen molar-refractivity contribution in [2.24, 2.45) is 0 Å². The van der Waals surface area contributed by atoms with Gasteiger partial charge >= 0.3 is 5.69 Å². The molecule has 1 N–H and O–H groups in total. The second-order valence-electron chi connectivity index (χ2n) is 6.92. The number of piperazine rings is 1. The lowest BCUT2D eigenvalue weighted by Crippen LogP contribution is -2.43. The van der Waals surface area contributed by atoms with E-state index in [0.717, 1.165) is 42.8 Å². The molecule has 0 radical (unpaired) electrons. The molecule has 7 nitrogen and oxygen atoms in total. The van der Waals surface area contributed by atoms with E-state index in [1.165, 1.54) is 0 Å². The number of hydrogen-bond acceptors (Lipinski definition) is 5. The highest BCUT2D eigenvalue weighted by Gasteiger charge is 2.20. The maximum Gasteiger partial charge on any atom is 0.340 e. The molecule has 1 aliphatic heterocycles. The Kier molecular flexibility index (Phi) is 4.35. The molecule has 142 valence electrons. The van der Waals surface area contributed by atoms with Crippen LogP contribution in [-0.2, 0) is 6.54 Å². The maximum atomic E-state index is 13.5. The first-order valence-corrected chi connectivity index (χ1v) is 9.67. The summed E-state index contributed by atoms with van der Waals surface area (Å²) in [6.07, 6.45) is 0. The number of para-hydroxylation sites is 1. The number of nitrogens with zero attached hydrogens (tertiary/aromatic N) is 5. The molecule has 0 atom stereocenters. The fourth-order valence-electron chi connectivity index (χ4n) is 3.77. The molecule has 3 heterocycles. The molecule has 8 heteroatoms. The van der Waals surface area contributed by atoms with Gasteiger partial charge in [0.2, 0.25) is 0 Å². The van der Waals surface area contributed by atoms with Gasteiger partial charge in [-0.2, -0.15) is 0 Å². The van der Waals surface area contributed by atoms with E-state index in [1.807, 2.05) is 42.5 Å². The Morgan fingerprint density at radius 3 is 2.61 bits per heavy atom. The van der Waals surface area contributed by atoms with Crippen LogP contribution in [0, 0.1) is 0 Å². The molecule has 2 aromatic heterocycles. The van der Waals surface area contributed by atoms with Crippen molar-refractivity contribution in [1.29, 1.82) is 0 Å². The van der Waals surface area contributed by atoms with E-state index >= 15 is 0 Å². The topological polar surface area (TPSA) is 67.5 Å². The summed E-state index contributed by atoms with van der Waals surface area (Å²) in [6, 6.07) is 15.1. The molecule has 1 fully saturated rings. The standard InChI is InChI=1S/C20H19ClN6O/c21-14-6-7-16-17(12-14)26(15-4-2-1-3-5-15)20(28)27-18(23-24-19(16)27)13-25-10-8-22-9-11-25/h1-7,12,22H,8-11,13H2. The Labute approximate surface area is 166 Å². The van der Waals surface area contributed by atoms with Crippen LogP contribution in [0.3, 0.4) is 0 Å². The lowest BCUT2D eigenvalue weighted by Gasteiger charge is -2.26. The third-order valence-electron chi connectivity index (χ3n) is 5.14. The number of fused-ring (bicyclic) bond motifs is 3. The van der Waals surface area contributed by atoms with Crippen molar-refractivity contribution in [1.82, 2.24) is 29.4 Å². The normalized spacial score (nSPS) is 15.5. The van der Waals surface area contributed by atoms with Crippen LogP contribution in [0.2, 0.25) is 5.02 Å². The van der Waals surface area contributed by atoms with Crippen LogP contribution in [0.25, 0.3) is 22.2 Å². The lowest BCUT2D eigenvalue weighted by molar-refractivity contribution is 0.227. The molecular formula is C20H19ClN6O. The molecule has 0 aliphatic carbocycles. The Hall–Kier alpha value is -2.74. The number of hydrogen-bond donors (Lipinski definition) is 1. The minimum atomic E-state index is -0.189. The first kappa shape index (κ1) is 17.4. The number of benzene rings is 2. The molecule has 0 spiro atoms. The molecule has 0 amide bonds. The van der Waals surface area contributed by atoms with Crippen LogP contribution in [0.1, 0.15) is 5.82 Å². The Morgan fingerprint density at radius 1 is 1.04 bits per heavy atom. The van der Waals surface area contributed by atoms with E-state index in [1.54, 1.807) is 15.0 Å². The van der Waals surface area contributed by atoms with Crippen molar-refractivity contribution in [3.63, 3.8) is 0 Å². The van der Waals surface area contributed by atoms with Gasteiger partial charge in [0.25, 0.3) is 0 Å². The number of rotatable bonds is 3. The van der Waals surface area contributed by atoms with Crippen LogP contribution in [0.5, 0.6) is 0 Å². The van der Waals surface area contributed by atoms with Gasteiger partial charge in [-0.1, -0.05) is 29.8 Å². The summed E-state index contributed by atoms with van der Waals surface area (Å²) in [5.74, 6) is 0.656. The van der Waals surface area contributed by atoms with Crippen molar-refractivity contribution in [2.45, 2.75) is 6.54 Å². The predicted octanol–water partition coefficient (Wildman–Crippen LogP) is 2.09. The summed E-state index contributed by atoms with van der Waals surface area (Å²) in [6.45, 7) is 4.31. The van der Waals surface area contributed by atoms with E-state index in [2.05, 4.69) is 20.4 Å². The molecular weight excluding hydrogens is 376 g/mol. The van der Waals surface area contributed by atoms with E-state index in [9.17, 15) is 4.79 Å². The van der Waals surface area contributed by atoms with Crippen molar-refractivity contribution in [3.05, 3.63) is 69.9 Å². The zero-order chi connectivity index (χ0) is 19.1. The highest BCUT2D eigenvalue weighted by atomic mass is 35.5. The molecule has 0 unspecified atom stereocenters. The van der Waals surface area contributed by atoms with Gasteiger partial charge in [-0.05, 0) is 30.3 Å². The van der Waals surface area contributed by atoms with Crippen molar-refractivity contribution in [3.8, 4) is 5.69 Å². The van der Waals surface area contributed by atoms with Gasteiger partial charge in [0.1, 0.15) is 0 Å². The van der Waals surface area contributed by atoms with Crippen LogP contribution in [-0.4, -0.2) is 50.2 Å². The smallest absolute Gasteiger partial charge is 0.314 e. The van der Waals surface area contributed by atoms with Gasteiger partial charge in [-0.25, -0.2) is 9.20 Å². The first-order valence-electron chi connectivity index (χ1n) is 9.29. The average Bonchev–Trinajstić information content (AvgIpc) is 3.14. The van der Waals surface area contributed by atoms with Crippen LogP contribution in [0.4, 0.5) is 0 Å². The summed E-state index contributed by atoms with van der Waals surface area (Å²) in [5, 5.41) is 13.5. The van der Waals surface area contributed by atoms with Crippen molar-refractivity contribution < 1.29 is 0 Å². The number of nitrogens with one attached hydrogen (secondary N) is 1. The van der Waals surface area contributed by atoms with Crippen LogP contribution < -0.4 is 11.0 Å². The predicted molar refractivity (Wildman–Crippen MR) is 109 cm³/mol. The fraction of sp³-hybridized carbons (Fsp3) is 0.250. The van der Waals surface area contributed by atoms with Gasteiger partial charge in [-0.3, -0.25) is 9.47 Å². The minimum absolute atomic E-state index is 0.189. The Bertz CT molecular complexity index is 1210. The summed E-state index contributed by atoms with van der Waals surface area (Å²) in [5.41, 5.74) is 1.88. The van der Waals surface area contributed by atoms with Gasteiger partial charge in [0.05, 0.1) is 17.7 Å². The largest absolute Gasteiger partial charge is 0.340 e. The molecule has 0 saturated carbocycles. The zero-order valence-corrected chi connectivity index (χ0v) is 15.9. The Morgan fingerprint density at radius 2 is 1.82 bits per heavy atom. The SMILES string of the molecule is O=c1n(-c2ccccc2)c2cc(Cl)ccc2c2nnc(CN3CCNCC3)n12. The quantitative estimate of drug-likeness (QED) is 0.576. The fourth-order valence-corrected chi connectivity index (χ4v) is 3.94. The summed E-state index contributed by atoms with van der Waals surface area (Å²) < 4.78 is 3.31. The van der Waals surface area contributed by atoms with E-state index in [0.29, 0.717) is 23.0 Å². The second kappa shape index (κ2) is 7.01. The molecule has 5 rings (SSSR count). The Balaban J connectivity index is 1.78. The van der Waals surface area contributed by atoms with E-state index in [4.69, 9.17) is 11.6 Å². The maximum absolute atomic E-state index is 13.5. The van der Waals surface area contributed by atoms with Gasteiger partial charge in [-0.15, -0.1) is 10.2 Å². The molecule has 0 bridgehead atoms. The third kappa shape index (κ3) is 2.88. The summed E-state index contributed by atoms with van der Waals surface area (Å²) >= 11 is 6.24. The monoisotopic (exact) mass is 394 g/mol. The van der Waals surface area contributed by atoms with E-state index in [-0.39, 0.29) is 5.69 Å². The number of aromatic nitrogens is 4. The first-order chi connectivity index (χ1) is 13.7. The highest BCUT2D eigenvalue weighted by molar-refractivity contribution is 6.31. The third-order valence-corrected chi connectivity index (χ3v) is 5.38. The molecule has 2 aromatic carbocycles. The number of halogens is 1. The van der Waals surface area contributed by atoms with Crippen LogP contribution in [0.15, 0.2) is 53.3 Å². The molecule has 1 saturated heterocycles. The summed E-state index contributed by atoms with van der Waals surface area (Å²) in [4.78, 5) is 15.8. The minimum Gasteiger partial charge on any atom is -0.314 e. The van der Waals surface area contributed by atoms with Crippen molar-refractivity contribution in [2.75, 3.05) is 26.2 Å². The molecule has 28 heavy (non-hydrogen) atoms. The van der Waals surface area contributed by atoms with Gasteiger partial charge in [0, 0.05) is 36.6 Å². The highest BCUT2D eigenvalue weighted by Crippen LogP contribution is 2.24. The second-order valence-corrected chi connectivity index (χ2v) is 7.35. The zero-order valence-electron chi connectivity index (χ0n) is 15.2. The average molecular weight is 395 g/mol. The summed E-state index contributed by atoms with van der Waals surface area (Å²) in [7, 11) is 0. The van der Waals surface area contributed by atoms with Crippen LogP contribution >= 0.6 is 11.6 Å². The van der Waals surface area contributed by atoms with Gasteiger partial charge < -0.3 is 5.32 Å². The molecule has 1 aliphatic rings.